The van der Waals surface area contributed by atoms with Gasteiger partial charge < -0.3 is 26.8 Å². The average molecular weight is 260 g/mol. The minimum Gasteiger partial charge on any atom is -0.400 e. The molecule has 0 aromatic rings. The molecule has 1 fully saturated rings. The number of nitrogens with one attached hydrogen (secondary N) is 1. The Morgan fingerprint density at radius 1 is 1.33 bits per heavy atom. The van der Waals surface area contributed by atoms with Crippen LogP contribution in [0.15, 0.2) is 0 Å². The number of carbonyl (C=O) groups is 1. The Morgan fingerprint density at radius 3 is 2.33 bits per heavy atom. The molecule has 1 aliphatic heterocycles. The topological polar surface area (TPSA) is 105 Å². The van der Waals surface area contributed by atoms with Crippen LogP contribution < -0.4 is 16.8 Å². The Labute approximate surface area is 110 Å². The maximum Gasteiger partial charge on any atom is 0.228 e. The summed E-state index contributed by atoms with van der Waals surface area (Å²) in [5.74, 6) is 0.249. The van der Waals surface area contributed by atoms with E-state index in [-0.39, 0.29) is 11.3 Å². The molecule has 1 amide bonds. The SMILES string of the molecule is CNCCN1CCC(CCN)(CCN)C1=O.CO. The average Bonchev–Trinajstić information content (AvgIpc) is 2.69. The monoisotopic (exact) mass is 260 g/mol. The third-order valence-corrected chi connectivity index (χ3v) is 3.48. The molecule has 0 bridgehead atoms. The van der Waals surface area contributed by atoms with Gasteiger partial charge in [-0.25, -0.2) is 0 Å². The fourth-order valence-electron chi connectivity index (χ4n) is 2.49. The maximum atomic E-state index is 12.3. The van der Waals surface area contributed by atoms with E-state index in [4.69, 9.17) is 16.6 Å². The van der Waals surface area contributed by atoms with Crippen LogP contribution in [0, 0.1) is 5.41 Å². The van der Waals surface area contributed by atoms with E-state index >= 15 is 0 Å². The van der Waals surface area contributed by atoms with Crippen molar-refractivity contribution < 1.29 is 9.90 Å². The quantitative estimate of drug-likeness (QED) is 0.457. The molecule has 0 aromatic carbocycles. The zero-order valence-corrected chi connectivity index (χ0v) is 11.6. The van der Waals surface area contributed by atoms with Crippen molar-refractivity contribution in [1.82, 2.24) is 10.2 Å². The molecule has 0 saturated carbocycles. The first-order chi connectivity index (χ1) is 8.70. The highest BCUT2D eigenvalue weighted by molar-refractivity contribution is 5.84. The van der Waals surface area contributed by atoms with Crippen molar-refractivity contribution in [1.29, 1.82) is 0 Å². The number of likely N-dealkylation sites (N-methyl/N-ethyl adjacent to an activating group) is 1. The number of hydrogen-bond acceptors (Lipinski definition) is 5. The second-order valence-corrected chi connectivity index (χ2v) is 4.50. The predicted octanol–water partition coefficient (Wildman–Crippen LogP) is -1.27. The summed E-state index contributed by atoms with van der Waals surface area (Å²) >= 11 is 0. The van der Waals surface area contributed by atoms with Crippen molar-refractivity contribution in [3.05, 3.63) is 0 Å². The third kappa shape index (κ3) is 4.20. The van der Waals surface area contributed by atoms with Crippen molar-refractivity contribution in [2.75, 3.05) is 46.9 Å². The van der Waals surface area contributed by atoms with Crippen LogP contribution in [0.5, 0.6) is 0 Å². The minimum atomic E-state index is -0.267. The molecule has 6 heteroatoms. The van der Waals surface area contributed by atoms with Crippen LogP contribution in [0.1, 0.15) is 19.3 Å². The number of likely N-dealkylation sites (tertiary alicyclic amines) is 1. The number of nitrogens with two attached hydrogens (primary N) is 2. The van der Waals surface area contributed by atoms with Crippen LogP contribution >= 0.6 is 0 Å². The van der Waals surface area contributed by atoms with E-state index in [2.05, 4.69) is 5.32 Å². The molecule has 1 saturated heterocycles. The molecule has 1 heterocycles. The van der Waals surface area contributed by atoms with Gasteiger partial charge in [0.25, 0.3) is 0 Å². The number of aliphatic hydroxyl groups excluding tert-OH is 1. The van der Waals surface area contributed by atoms with Crippen molar-refractivity contribution in [2.24, 2.45) is 16.9 Å². The first-order valence-electron chi connectivity index (χ1n) is 6.49. The van der Waals surface area contributed by atoms with Gasteiger partial charge in [-0.15, -0.1) is 0 Å². The molecule has 0 spiro atoms. The zero-order chi connectivity index (χ0) is 14.0. The van der Waals surface area contributed by atoms with Crippen molar-refractivity contribution in [3.8, 4) is 0 Å². The lowest BCUT2D eigenvalue weighted by molar-refractivity contribution is -0.136. The molecule has 0 aliphatic carbocycles. The van der Waals surface area contributed by atoms with Gasteiger partial charge in [-0.05, 0) is 39.4 Å². The van der Waals surface area contributed by atoms with Crippen LogP contribution in [0.3, 0.4) is 0 Å². The number of amides is 1. The van der Waals surface area contributed by atoms with Gasteiger partial charge in [-0.2, -0.15) is 0 Å². The van der Waals surface area contributed by atoms with Crippen molar-refractivity contribution in [2.45, 2.75) is 19.3 Å². The maximum absolute atomic E-state index is 12.3. The summed E-state index contributed by atoms with van der Waals surface area (Å²) in [6, 6.07) is 0. The zero-order valence-electron chi connectivity index (χ0n) is 11.6. The van der Waals surface area contributed by atoms with Gasteiger partial charge in [0.2, 0.25) is 5.91 Å². The smallest absolute Gasteiger partial charge is 0.228 e. The third-order valence-electron chi connectivity index (χ3n) is 3.48. The van der Waals surface area contributed by atoms with Crippen molar-refractivity contribution in [3.63, 3.8) is 0 Å². The van der Waals surface area contributed by atoms with Crippen molar-refractivity contribution >= 4 is 5.91 Å². The largest absolute Gasteiger partial charge is 0.400 e. The molecule has 0 unspecified atom stereocenters. The van der Waals surface area contributed by atoms with Crippen LogP contribution in [0.2, 0.25) is 0 Å². The van der Waals surface area contributed by atoms with E-state index < -0.39 is 0 Å². The van der Waals surface area contributed by atoms with Gasteiger partial charge in [-0.1, -0.05) is 0 Å². The highest BCUT2D eigenvalue weighted by atomic mass is 16.2. The molecular formula is C12H28N4O2. The molecule has 6 N–H and O–H groups in total. The molecular weight excluding hydrogens is 232 g/mol. The van der Waals surface area contributed by atoms with Crippen LogP contribution in [0.25, 0.3) is 0 Å². The normalized spacial score (nSPS) is 17.6. The summed E-state index contributed by atoms with van der Waals surface area (Å²) in [6.07, 6.45) is 2.43. The molecule has 0 aromatic heterocycles. The van der Waals surface area contributed by atoms with Crippen LogP contribution in [0.4, 0.5) is 0 Å². The summed E-state index contributed by atoms with van der Waals surface area (Å²) in [7, 11) is 2.90. The highest BCUT2D eigenvalue weighted by Crippen LogP contribution is 2.37. The Balaban J connectivity index is 0.00000137. The second kappa shape index (κ2) is 9.27. The Kier molecular flexibility index (Phi) is 8.91. The minimum absolute atomic E-state index is 0.249. The molecule has 0 atom stereocenters. The van der Waals surface area contributed by atoms with Gasteiger partial charge in [0, 0.05) is 26.7 Å². The number of carbonyl (C=O) groups excluding carboxylic acids is 1. The molecule has 0 radical (unpaired) electrons. The summed E-state index contributed by atoms with van der Waals surface area (Å²) in [4.78, 5) is 14.2. The molecule has 1 aliphatic rings. The van der Waals surface area contributed by atoms with E-state index in [0.717, 1.165) is 46.0 Å². The van der Waals surface area contributed by atoms with Gasteiger partial charge in [0.05, 0.1) is 5.41 Å². The Bertz CT molecular complexity index is 230. The van der Waals surface area contributed by atoms with E-state index in [0.29, 0.717) is 13.1 Å². The summed E-state index contributed by atoms with van der Waals surface area (Å²) in [5.41, 5.74) is 10.9. The Morgan fingerprint density at radius 2 is 1.89 bits per heavy atom. The van der Waals surface area contributed by atoms with Gasteiger partial charge in [0.1, 0.15) is 0 Å². The molecule has 18 heavy (non-hydrogen) atoms. The highest BCUT2D eigenvalue weighted by Gasteiger charge is 2.44. The van der Waals surface area contributed by atoms with E-state index in [1.54, 1.807) is 0 Å². The lowest BCUT2D eigenvalue weighted by Gasteiger charge is -2.27. The predicted molar refractivity (Wildman–Crippen MR) is 73.0 cm³/mol. The van der Waals surface area contributed by atoms with E-state index in [9.17, 15) is 4.79 Å². The van der Waals surface area contributed by atoms with E-state index in [1.807, 2.05) is 11.9 Å². The fourth-order valence-corrected chi connectivity index (χ4v) is 2.49. The number of aliphatic hydroxyl groups is 1. The Hall–Kier alpha value is -0.690. The van der Waals surface area contributed by atoms with Gasteiger partial charge in [-0.3, -0.25) is 4.79 Å². The molecule has 108 valence electrons. The lowest BCUT2D eigenvalue weighted by Crippen LogP contribution is -2.39. The standard InChI is InChI=1S/C11H24N4O.CH4O/c1-14-7-9-15-8-4-11(2-5-12,3-6-13)10(15)16;1-2/h14H,2-9,12-13H2,1H3;2H,1H3. The van der Waals surface area contributed by atoms with Gasteiger partial charge >= 0.3 is 0 Å². The second-order valence-electron chi connectivity index (χ2n) is 4.50. The van der Waals surface area contributed by atoms with Crippen LogP contribution in [-0.2, 0) is 4.79 Å². The number of hydrogen-bond donors (Lipinski definition) is 4. The number of rotatable bonds is 7. The summed E-state index contributed by atoms with van der Waals surface area (Å²) in [5, 5.41) is 10.1. The summed E-state index contributed by atoms with van der Waals surface area (Å²) in [6.45, 7) is 3.59. The number of nitrogens with zero attached hydrogens (tertiary/aromatic N) is 1. The van der Waals surface area contributed by atoms with Crippen LogP contribution in [-0.4, -0.2) is 62.8 Å². The first-order valence-corrected chi connectivity index (χ1v) is 6.49. The molecule has 6 nitrogen and oxygen atoms in total. The van der Waals surface area contributed by atoms with E-state index in [1.165, 1.54) is 0 Å². The first kappa shape index (κ1) is 17.3. The lowest BCUT2D eigenvalue weighted by atomic mass is 9.79. The molecule has 1 rings (SSSR count). The summed E-state index contributed by atoms with van der Waals surface area (Å²) < 4.78 is 0. The fraction of sp³-hybridized carbons (Fsp3) is 0.917. The van der Waals surface area contributed by atoms with Gasteiger partial charge in [0.15, 0.2) is 0 Å².